The molecule has 21 nitrogen and oxygen atoms in total. The molecular weight excluding hydrogens is 853 g/mol. The second-order valence-electron chi connectivity index (χ2n) is 14.5. The standard InChI is InChI=1S/C45H30N12O9/c58-16-4-13-34-46-37(52-61-34)25-7-1-10-28(19-25)40-49-43(64-55-40)31-22-32(44-50-41(56-65-44)29-11-2-8-26(20-29)38-47-35(62-53-38)14-5-17-59)24-33(23-31)45-51-42(57-66-45)30-12-3-9-27(21-30)39-48-36(63-54-39)15-6-18-60/h1-3,7-12,16-24H,4-6,13-15H2. The summed E-state index contributed by atoms with van der Waals surface area (Å²) >= 11 is 0. The fourth-order valence-corrected chi connectivity index (χ4v) is 6.73. The Labute approximate surface area is 370 Å². The van der Waals surface area contributed by atoms with Crippen molar-refractivity contribution in [2.24, 2.45) is 0 Å². The monoisotopic (exact) mass is 882 g/mol. The van der Waals surface area contributed by atoms with Crippen molar-refractivity contribution >= 4 is 18.9 Å². The van der Waals surface area contributed by atoms with Crippen molar-refractivity contribution in [3.8, 4) is 103 Å². The first-order valence-electron chi connectivity index (χ1n) is 20.3. The van der Waals surface area contributed by atoms with Crippen molar-refractivity contribution in [3.05, 3.63) is 109 Å². The van der Waals surface area contributed by atoms with Crippen LogP contribution in [0.2, 0.25) is 0 Å². The van der Waals surface area contributed by atoms with Crippen molar-refractivity contribution < 1.29 is 41.5 Å². The van der Waals surface area contributed by atoms with Gasteiger partial charge in [0.15, 0.2) is 0 Å². The van der Waals surface area contributed by atoms with Crippen LogP contribution in [0.1, 0.15) is 36.9 Å². The highest BCUT2D eigenvalue weighted by Gasteiger charge is 2.22. The topological polar surface area (TPSA) is 285 Å². The number of rotatable bonds is 18. The summed E-state index contributed by atoms with van der Waals surface area (Å²) in [4.78, 5) is 59.9. The molecule has 10 aromatic rings. The van der Waals surface area contributed by atoms with E-state index in [9.17, 15) is 14.4 Å². The quantitative estimate of drug-likeness (QED) is 0.0759. The maximum atomic E-state index is 10.8. The fourth-order valence-electron chi connectivity index (χ4n) is 6.73. The van der Waals surface area contributed by atoms with Crippen LogP contribution in [0.15, 0.2) is 118 Å². The molecule has 0 aliphatic carbocycles. The van der Waals surface area contributed by atoms with Crippen LogP contribution in [0, 0.1) is 0 Å². The molecule has 6 aromatic heterocycles. The van der Waals surface area contributed by atoms with Crippen molar-refractivity contribution in [2.75, 3.05) is 0 Å². The van der Waals surface area contributed by atoms with E-state index in [0.717, 1.165) is 18.9 Å². The van der Waals surface area contributed by atoms with Gasteiger partial charge in [-0.3, -0.25) is 0 Å². The Morgan fingerprint density at radius 1 is 0.318 bits per heavy atom. The van der Waals surface area contributed by atoms with Gasteiger partial charge in [-0.2, -0.15) is 29.9 Å². The zero-order valence-corrected chi connectivity index (χ0v) is 34.2. The van der Waals surface area contributed by atoms with E-state index in [0.29, 0.717) is 104 Å². The van der Waals surface area contributed by atoms with E-state index in [1.807, 2.05) is 36.4 Å². The van der Waals surface area contributed by atoms with Gasteiger partial charge in [-0.15, -0.1) is 0 Å². The molecule has 0 N–H and O–H groups in total. The lowest BCUT2D eigenvalue weighted by atomic mass is 10.0. The zero-order valence-electron chi connectivity index (χ0n) is 34.2. The molecule has 21 heteroatoms. The molecule has 0 aliphatic heterocycles. The number of nitrogens with zero attached hydrogens (tertiary/aromatic N) is 12. The SMILES string of the molecule is O=CCCc1nc(-c2cccc(-c3noc(-c4cc(-c5nc(-c6cccc(-c7noc(CCC=O)n7)c6)no5)cc(-c5nc(-c6cccc(-c7noc(CCC=O)n7)c6)no5)c4)n3)c2)no1. The molecule has 0 fully saturated rings. The van der Waals surface area contributed by atoms with E-state index < -0.39 is 0 Å². The molecule has 0 spiro atoms. The molecule has 66 heavy (non-hydrogen) atoms. The van der Waals surface area contributed by atoms with E-state index in [1.54, 1.807) is 54.6 Å². The minimum Gasteiger partial charge on any atom is -0.339 e. The van der Waals surface area contributed by atoms with Crippen LogP contribution in [0.25, 0.3) is 103 Å². The summed E-state index contributed by atoms with van der Waals surface area (Å²) in [5.74, 6) is 3.35. The second kappa shape index (κ2) is 18.2. The Bertz CT molecular complexity index is 2980. The summed E-state index contributed by atoms with van der Waals surface area (Å²) in [6, 6.07) is 26.9. The molecule has 0 saturated carbocycles. The average Bonchev–Trinajstić information content (AvgIpc) is 4.23. The molecular formula is C45H30N12O9. The molecule has 0 aliphatic rings. The summed E-state index contributed by atoms with van der Waals surface area (Å²) in [6.07, 6.45) is 4.18. The van der Waals surface area contributed by atoms with Crippen LogP contribution in [0.4, 0.5) is 0 Å². The van der Waals surface area contributed by atoms with E-state index in [2.05, 4.69) is 45.9 Å². The molecule has 0 amide bonds. The highest BCUT2D eigenvalue weighted by atomic mass is 16.5. The predicted molar refractivity (Wildman–Crippen MR) is 226 cm³/mol. The molecule has 10 rings (SSSR count). The third-order valence-electron chi connectivity index (χ3n) is 9.92. The molecule has 324 valence electrons. The Morgan fingerprint density at radius 2 is 0.561 bits per heavy atom. The number of hydrogen-bond donors (Lipinski definition) is 0. The fraction of sp³-hybridized carbons (Fsp3) is 0.133. The molecule has 6 heterocycles. The zero-order chi connectivity index (χ0) is 44.8. The molecule has 0 atom stereocenters. The molecule has 4 aromatic carbocycles. The largest absolute Gasteiger partial charge is 0.339 e. The van der Waals surface area contributed by atoms with Gasteiger partial charge in [0.25, 0.3) is 17.7 Å². The van der Waals surface area contributed by atoms with Crippen LogP contribution in [-0.4, -0.2) is 79.7 Å². The number of hydrogen-bond acceptors (Lipinski definition) is 21. The van der Waals surface area contributed by atoms with Crippen LogP contribution in [-0.2, 0) is 33.6 Å². The summed E-state index contributed by atoms with van der Waals surface area (Å²) in [6.45, 7) is 0. The smallest absolute Gasteiger partial charge is 0.258 e. The van der Waals surface area contributed by atoms with Gasteiger partial charge in [0.05, 0.1) is 0 Å². The summed E-state index contributed by atoms with van der Waals surface area (Å²) in [5, 5.41) is 25.0. The third kappa shape index (κ3) is 8.70. The minimum absolute atomic E-state index is 0.148. The van der Waals surface area contributed by atoms with E-state index in [1.165, 1.54) is 0 Å². The first kappa shape index (κ1) is 40.8. The normalized spacial score (nSPS) is 11.3. The predicted octanol–water partition coefficient (Wildman–Crippen LogP) is 7.38. The Balaban J connectivity index is 0.986. The highest BCUT2D eigenvalue weighted by Crippen LogP contribution is 2.35. The molecule has 0 saturated heterocycles. The lowest BCUT2D eigenvalue weighted by Crippen LogP contribution is -1.89. The Kier molecular flexibility index (Phi) is 11.3. The minimum atomic E-state index is 0.148. The number of carbonyl (C=O) groups is 3. The van der Waals surface area contributed by atoms with E-state index in [4.69, 9.17) is 42.1 Å². The Morgan fingerprint density at radius 3 is 0.833 bits per heavy atom. The van der Waals surface area contributed by atoms with Crippen molar-refractivity contribution in [1.82, 2.24) is 60.8 Å². The van der Waals surface area contributed by atoms with Gasteiger partial charge < -0.3 is 41.5 Å². The summed E-state index contributed by atoms with van der Waals surface area (Å²) in [5.41, 5.74) is 5.16. The van der Waals surface area contributed by atoms with Crippen LogP contribution in [0.3, 0.4) is 0 Å². The maximum Gasteiger partial charge on any atom is 0.258 e. The van der Waals surface area contributed by atoms with Crippen molar-refractivity contribution in [3.63, 3.8) is 0 Å². The van der Waals surface area contributed by atoms with Gasteiger partial charge in [-0.05, 0) is 36.4 Å². The highest BCUT2D eigenvalue weighted by molar-refractivity contribution is 5.76. The van der Waals surface area contributed by atoms with Crippen LogP contribution < -0.4 is 0 Å². The summed E-state index contributed by atoms with van der Waals surface area (Å²) < 4.78 is 33.4. The van der Waals surface area contributed by atoms with Crippen molar-refractivity contribution in [2.45, 2.75) is 38.5 Å². The number of aryl methyl sites for hydroxylation is 3. The van der Waals surface area contributed by atoms with Gasteiger partial charge in [0.1, 0.15) is 18.9 Å². The lowest BCUT2D eigenvalue weighted by Gasteiger charge is -2.03. The number of carbonyl (C=O) groups excluding carboxylic acids is 3. The number of aromatic nitrogens is 12. The lowest BCUT2D eigenvalue weighted by molar-refractivity contribution is -0.108. The van der Waals surface area contributed by atoms with Gasteiger partial charge in [0.2, 0.25) is 52.6 Å². The molecule has 0 unspecified atom stereocenters. The van der Waals surface area contributed by atoms with Gasteiger partial charge in [-0.1, -0.05) is 85.5 Å². The van der Waals surface area contributed by atoms with Crippen LogP contribution in [0.5, 0.6) is 0 Å². The first-order valence-corrected chi connectivity index (χ1v) is 20.3. The summed E-state index contributed by atoms with van der Waals surface area (Å²) in [7, 11) is 0. The third-order valence-corrected chi connectivity index (χ3v) is 9.92. The van der Waals surface area contributed by atoms with Gasteiger partial charge in [-0.25, -0.2) is 0 Å². The van der Waals surface area contributed by atoms with Crippen molar-refractivity contribution in [1.29, 1.82) is 0 Å². The average molecular weight is 883 g/mol. The second-order valence-corrected chi connectivity index (χ2v) is 14.5. The van der Waals surface area contributed by atoms with E-state index in [-0.39, 0.29) is 54.4 Å². The van der Waals surface area contributed by atoms with Gasteiger partial charge in [0, 0.05) is 88.6 Å². The first-order chi connectivity index (χ1) is 32.5. The van der Waals surface area contributed by atoms with Gasteiger partial charge >= 0.3 is 0 Å². The molecule has 0 bridgehead atoms. The maximum absolute atomic E-state index is 10.8. The Hall–Kier alpha value is -9.27. The number of benzene rings is 4. The van der Waals surface area contributed by atoms with Crippen LogP contribution >= 0.6 is 0 Å². The van der Waals surface area contributed by atoms with E-state index >= 15 is 0 Å². The number of aldehydes is 3. The molecule has 0 radical (unpaired) electrons.